The van der Waals surface area contributed by atoms with Crippen LogP contribution in [0.4, 0.5) is 5.69 Å². The first-order valence-corrected chi connectivity index (χ1v) is 7.56. The molecule has 0 bridgehead atoms. The van der Waals surface area contributed by atoms with E-state index in [2.05, 4.69) is 16.0 Å². The molecule has 2 amide bonds. The molecule has 2 rings (SSSR count). The van der Waals surface area contributed by atoms with Gasteiger partial charge in [-0.1, -0.05) is 19.1 Å². The minimum atomic E-state index is 0. The number of carbonyl (C=O) groups is 2. The Morgan fingerprint density at radius 1 is 1.27 bits per heavy atom. The zero-order valence-electron chi connectivity index (χ0n) is 12.9. The van der Waals surface area contributed by atoms with E-state index >= 15 is 0 Å². The Bertz CT molecular complexity index is 485. The average Bonchev–Trinajstić information content (AvgIpc) is 3.01. The first-order valence-electron chi connectivity index (χ1n) is 7.56. The van der Waals surface area contributed by atoms with Crippen molar-refractivity contribution in [3.63, 3.8) is 0 Å². The summed E-state index contributed by atoms with van der Waals surface area (Å²) in [4.78, 5) is 23.4. The molecule has 1 aliphatic heterocycles. The van der Waals surface area contributed by atoms with Crippen LogP contribution in [0.3, 0.4) is 0 Å². The van der Waals surface area contributed by atoms with Gasteiger partial charge in [-0.2, -0.15) is 0 Å². The second-order valence-corrected chi connectivity index (χ2v) is 5.40. The van der Waals surface area contributed by atoms with Crippen molar-refractivity contribution in [1.82, 2.24) is 10.6 Å². The van der Waals surface area contributed by atoms with Gasteiger partial charge < -0.3 is 16.0 Å². The molecular weight excluding hydrogens is 302 g/mol. The van der Waals surface area contributed by atoms with Crippen LogP contribution in [0.1, 0.15) is 31.7 Å². The fourth-order valence-corrected chi connectivity index (χ4v) is 2.37. The molecule has 0 aliphatic carbocycles. The number of nitrogens with one attached hydrogen (secondary N) is 3. The fourth-order valence-electron chi connectivity index (χ4n) is 2.37. The summed E-state index contributed by atoms with van der Waals surface area (Å²) in [5.74, 6) is 0.241. The van der Waals surface area contributed by atoms with Crippen molar-refractivity contribution in [2.75, 3.05) is 18.4 Å². The van der Waals surface area contributed by atoms with Gasteiger partial charge in [0.1, 0.15) is 0 Å². The highest BCUT2D eigenvalue weighted by molar-refractivity contribution is 5.90. The van der Waals surface area contributed by atoms with Gasteiger partial charge in [0.2, 0.25) is 11.8 Å². The van der Waals surface area contributed by atoms with Crippen LogP contribution in [0.2, 0.25) is 0 Å². The van der Waals surface area contributed by atoms with E-state index in [1.54, 1.807) is 0 Å². The maximum Gasteiger partial charge on any atom is 0.224 e. The highest BCUT2D eigenvalue weighted by Crippen LogP contribution is 2.11. The quantitative estimate of drug-likeness (QED) is 0.750. The highest BCUT2D eigenvalue weighted by atomic mass is 35.5. The lowest BCUT2D eigenvalue weighted by Gasteiger charge is -2.10. The Morgan fingerprint density at radius 3 is 2.59 bits per heavy atom. The zero-order valence-corrected chi connectivity index (χ0v) is 13.7. The molecule has 3 N–H and O–H groups in total. The third kappa shape index (κ3) is 5.66. The van der Waals surface area contributed by atoms with Gasteiger partial charge in [0.25, 0.3) is 0 Å². The van der Waals surface area contributed by atoms with Crippen molar-refractivity contribution in [3.05, 3.63) is 29.8 Å². The van der Waals surface area contributed by atoms with E-state index in [1.807, 2.05) is 31.2 Å². The maximum atomic E-state index is 11.9. The van der Waals surface area contributed by atoms with Crippen LogP contribution in [0, 0.1) is 5.92 Å². The molecular formula is C16H24ClN3O2. The molecule has 122 valence electrons. The van der Waals surface area contributed by atoms with Gasteiger partial charge >= 0.3 is 0 Å². The van der Waals surface area contributed by atoms with E-state index in [0.29, 0.717) is 13.0 Å². The van der Waals surface area contributed by atoms with Crippen LogP contribution >= 0.6 is 12.4 Å². The van der Waals surface area contributed by atoms with Gasteiger partial charge in [-0.25, -0.2) is 0 Å². The number of rotatable bonds is 6. The third-order valence-electron chi connectivity index (χ3n) is 3.61. The van der Waals surface area contributed by atoms with Crippen molar-refractivity contribution in [1.29, 1.82) is 0 Å². The smallest absolute Gasteiger partial charge is 0.224 e. The van der Waals surface area contributed by atoms with Crippen LogP contribution < -0.4 is 16.0 Å². The van der Waals surface area contributed by atoms with E-state index in [4.69, 9.17) is 0 Å². The first kappa shape index (κ1) is 18.5. The molecule has 1 saturated heterocycles. The summed E-state index contributed by atoms with van der Waals surface area (Å²) in [6.45, 7) is 4.20. The van der Waals surface area contributed by atoms with Crippen molar-refractivity contribution in [2.45, 2.75) is 32.7 Å². The Morgan fingerprint density at radius 2 is 2.00 bits per heavy atom. The molecule has 0 aromatic heterocycles. The molecule has 1 aromatic rings. The zero-order chi connectivity index (χ0) is 15.1. The topological polar surface area (TPSA) is 70.2 Å². The number of anilines is 1. The molecule has 1 fully saturated rings. The lowest BCUT2D eigenvalue weighted by molar-refractivity contribution is -0.124. The molecule has 1 unspecified atom stereocenters. The van der Waals surface area contributed by atoms with Crippen LogP contribution in [-0.2, 0) is 16.1 Å². The minimum absolute atomic E-state index is 0. The van der Waals surface area contributed by atoms with E-state index in [9.17, 15) is 9.59 Å². The van der Waals surface area contributed by atoms with E-state index in [1.165, 1.54) is 0 Å². The Labute approximate surface area is 137 Å². The number of amides is 2. The molecule has 0 radical (unpaired) electrons. The molecule has 0 saturated carbocycles. The normalized spacial score (nSPS) is 16.7. The van der Waals surface area contributed by atoms with Crippen molar-refractivity contribution < 1.29 is 9.59 Å². The number of halogens is 1. The largest absolute Gasteiger partial charge is 0.352 e. The second-order valence-electron chi connectivity index (χ2n) is 5.40. The van der Waals surface area contributed by atoms with Gasteiger partial charge in [-0.15, -0.1) is 12.4 Å². The fraction of sp³-hybridized carbons (Fsp3) is 0.500. The second kappa shape index (κ2) is 9.43. The SMILES string of the molecule is CCCC(=O)Nc1ccc(CNC(=O)C2CCNC2)cc1.Cl. The van der Waals surface area contributed by atoms with Gasteiger partial charge in [-0.05, 0) is 37.1 Å². The van der Waals surface area contributed by atoms with Crippen molar-refractivity contribution >= 4 is 29.9 Å². The van der Waals surface area contributed by atoms with E-state index in [-0.39, 0.29) is 30.1 Å². The van der Waals surface area contributed by atoms with Gasteiger partial charge in [0.05, 0.1) is 5.92 Å². The van der Waals surface area contributed by atoms with Crippen LogP contribution in [0.15, 0.2) is 24.3 Å². The molecule has 1 heterocycles. The Hall–Kier alpha value is -1.59. The average molecular weight is 326 g/mol. The molecule has 1 aliphatic rings. The predicted octanol–water partition coefficient (Wildman–Crippen LogP) is 2.07. The molecule has 6 heteroatoms. The number of carbonyl (C=O) groups excluding carboxylic acids is 2. The number of hydrogen-bond acceptors (Lipinski definition) is 3. The summed E-state index contributed by atoms with van der Waals surface area (Å²) in [6.07, 6.45) is 2.29. The summed E-state index contributed by atoms with van der Waals surface area (Å²) in [5.41, 5.74) is 1.83. The van der Waals surface area contributed by atoms with Crippen LogP contribution in [0.5, 0.6) is 0 Å². The van der Waals surface area contributed by atoms with Gasteiger partial charge in [-0.3, -0.25) is 9.59 Å². The van der Waals surface area contributed by atoms with Gasteiger partial charge in [0, 0.05) is 25.2 Å². The first-order chi connectivity index (χ1) is 10.2. The minimum Gasteiger partial charge on any atom is -0.352 e. The Kier molecular flexibility index (Phi) is 7.91. The van der Waals surface area contributed by atoms with Crippen LogP contribution in [-0.4, -0.2) is 24.9 Å². The van der Waals surface area contributed by atoms with E-state index in [0.717, 1.165) is 37.2 Å². The van der Waals surface area contributed by atoms with Gasteiger partial charge in [0.15, 0.2) is 0 Å². The summed E-state index contributed by atoms with van der Waals surface area (Å²) < 4.78 is 0. The summed E-state index contributed by atoms with van der Waals surface area (Å²) in [6, 6.07) is 7.59. The van der Waals surface area contributed by atoms with E-state index < -0.39 is 0 Å². The Balaban J connectivity index is 0.00000242. The molecule has 5 nitrogen and oxygen atoms in total. The predicted molar refractivity (Wildman–Crippen MR) is 90.1 cm³/mol. The standard InChI is InChI=1S/C16H23N3O2.ClH/c1-2-3-15(20)19-14-6-4-12(5-7-14)10-18-16(21)13-8-9-17-11-13;/h4-7,13,17H,2-3,8-11H2,1H3,(H,18,21)(H,19,20);1H. The number of benzene rings is 1. The van der Waals surface area contributed by atoms with Crippen molar-refractivity contribution in [3.8, 4) is 0 Å². The highest BCUT2D eigenvalue weighted by Gasteiger charge is 2.21. The number of hydrogen-bond donors (Lipinski definition) is 3. The molecule has 0 spiro atoms. The third-order valence-corrected chi connectivity index (χ3v) is 3.61. The van der Waals surface area contributed by atoms with Crippen molar-refractivity contribution in [2.24, 2.45) is 5.92 Å². The maximum absolute atomic E-state index is 11.9. The summed E-state index contributed by atoms with van der Waals surface area (Å²) in [7, 11) is 0. The lowest BCUT2D eigenvalue weighted by atomic mass is 10.1. The summed E-state index contributed by atoms with van der Waals surface area (Å²) >= 11 is 0. The molecule has 1 aromatic carbocycles. The monoisotopic (exact) mass is 325 g/mol. The molecule has 22 heavy (non-hydrogen) atoms. The summed E-state index contributed by atoms with van der Waals surface area (Å²) in [5, 5.41) is 8.99. The lowest BCUT2D eigenvalue weighted by Crippen LogP contribution is -2.31. The van der Waals surface area contributed by atoms with Crippen LogP contribution in [0.25, 0.3) is 0 Å². The molecule has 1 atom stereocenters.